The monoisotopic (exact) mass is 418 g/mol. The smallest absolute Gasteiger partial charge is 0.253 e. The third-order valence-electron chi connectivity index (χ3n) is 5.31. The van der Waals surface area contributed by atoms with Crippen LogP contribution in [0.15, 0.2) is 47.4 Å². The first kappa shape index (κ1) is 22.8. The highest BCUT2D eigenvalue weighted by atomic mass is 35.5. The van der Waals surface area contributed by atoms with Crippen LogP contribution < -0.4 is 5.32 Å². The van der Waals surface area contributed by atoms with Crippen molar-refractivity contribution in [3.8, 4) is 0 Å². The molecule has 1 heterocycles. The highest BCUT2D eigenvalue weighted by Crippen LogP contribution is 2.27. The lowest BCUT2D eigenvalue weighted by atomic mass is 9.96. The largest absolute Gasteiger partial charge is 0.339 e. The number of halogens is 1. The Morgan fingerprint density at radius 3 is 2.61 bits per heavy atom. The van der Waals surface area contributed by atoms with Crippen molar-refractivity contribution in [3.63, 3.8) is 0 Å². The van der Waals surface area contributed by atoms with E-state index in [1.54, 1.807) is 0 Å². The molecule has 1 saturated heterocycles. The SMILES string of the molecule is CNCC1CCN(C(=O)c2cccc(CSc3cc(C)ccc3C)c2)CC1.Cl. The van der Waals surface area contributed by atoms with Gasteiger partial charge in [0.1, 0.15) is 0 Å². The molecule has 0 atom stereocenters. The highest BCUT2D eigenvalue weighted by Gasteiger charge is 2.23. The van der Waals surface area contributed by atoms with E-state index in [0.29, 0.717) is 5.92 Å². The van der Waals surface area contributed by atoms with E-state index in [1.165, 1.54) is 21.6 Å². The number of carbonyl (C=O) groups excluding carboxylic acids is 1. The number of benzene rings is 2. The van der Waals surface area contributed by atoms with Gasteiger partial charge in [-0.15, -0.1) is 24.2 Å². The first-order valence-electron chi connectivity index (χ1n) is 9.79. The van der Waals surface area contributed by atoms with Gasteiger partial charge in [0.2, 0.25) is 0 Å². The maximum Gasteiger partial charge on any atom is 0.253 e. The van der Waals surface area contributed by atoms with Gasteiger partial charge in [0.25, 0.3) is 5.91 Å². The second-order valence-corrected chi connectivity index (χ2v) is 8.57. The van der Waals surface area contributed by atoms with Crippen molar-refractivity contribution in [2.75, 3.05) is 26.7 Å². The number of amides is 1. The topological polar surface area (TPSA) is 32.3 Å². The first-order chi connectivity index (χ1) is 13.1. The Morgan fingerprint density at radius 2 is 1.89 bits per heavy atom. The molecule has 0 radical (unpaired) electrons. The Kier molecular flexibility index (Phi) is 8.87. The minimum atomic E-state index is 0. The summed E-state index contributed by atoms with van der Waals surface area (Å²) in [6, 6.07) is 14.7. The predicted octanol–water partition coefficient (Wildman–Crippen LogP) is 5.09. The van der Waals surface area contributed by atoms with E-state index in [0.717, 1.165) is 43.8 Å². The van der Waals surface area contributed by atoms with Gasteiger partial charge in [0.15, 0.2) is 0 Å². The zero-order valence-corrected chi connectivity index (χ0v) is 18.7. The fourth-order valence-electron chi connectivity index (χ4n) is 3.63. The Balaban J connectivity index is 0.00000280. The molecule has 28 heavy (non-hydrogen) atoms. The van der Waals surface area contributed by atoms with Crippen LogP contribution in [0, 0.1) is 19.8 Å². The van der Waals surface area contributed by atoms with E-state index in [1.807, 2.05) is 35.8 Å². The van der Waals surface area contributed by atoms with Crippen LogP contribution in [-0.4, -0.2) is 37.5 Å². The molecule has 0 spiro atoms. The molecule has 1 aliphatic rings. The molecule has 5 heteroatoms. The molecule has 1 N–H and O–H groups in total. The van der Waals surface area contributed by atoms with E-state index < -0.39 is 0 Å². The molecule has 2 aromatic rings. The Hall–Kier alpha value is -1.49. The molecule has 0 unspecified atom stereocenters. The maximum absolute atomic E-state index is 12.9. The zero-order chi connectivity index (χ0) is 19.2. The molecule has 3 nitrogen and oxygen atoms in total. The van der Waals surface area contributed by atoms with Gasteiger partial charge in [-0.1, -0.05) is 29.8 Å². The molecule has 152 valence electrons. The zero-order valence-electron chi connectivity index (χ0n) is 17.0. The van der Waals surface area contributed by atoms with Gasteiger partial charge >= 0.3 is 0 Å². The number of nitrogens with zero attached hydrogens (tertiary/aromatic N) is 1. The van der Waals surface area contributed by atoms with E-state index in [9.17, 15) is 4.79 Å². The summed E-state index contributed by atoms with van der Waals surface area (Å²) in [5.41, 5.74) is 4.62. The minimum absolute atomic E-state index is 0. The lowest BCUT2D eigenvalue weighted by Crippen LogP contribution is -2.40. The van der Waals surface area contributed by atoms with Crippen molar-refractivity contribution in [1.82, 2.24) is 10.2 Å². The fourth-order valence-corrected chi connectivity index (χ4v) is 4.70. The van der Waals surface area contributed by atoms with E-state index in [-0.39, 0.29) is 18.3 Å². The van der Waals surface area contributed by atoms with Crippen molar-refractivity contribution < 1.29 is 4.79 Å². The Morgan fingerprint density at radius 1 is 1.14 bits per heavy atom. The van der Waals surface area contributed by atoms with Crippen LogP contribution in [0.3, 0.4) is 0 Å². The number of hydrogen-bond donors (Lipinski definition) is 1. The average Bonchev–Trinajstić information content (AvgIpc) is 2.69. The average molecular weight is 419 g/mol. The number of hydrogen-bond acceptors (Lipinski definition) is 3. The number of aryl methyl sites for hydroxylation is 2. The molecule has 3 rings (SSSR count). The summed E-state index contributed by atoms with van der Waals surface area (Å²) >= 11 is 1.84. The lowest BCUT2D eigenvalue weighted by molar-refractivity contribution is 0.0691. The summed E-state index contributed by atoms with van der Waals surface area (Å²) in [7, 11) is 2.00. The summed E-state index contributed by atoms with van der Waals surface area (Å²) in [5.74, 6) is 1.76. The number of piperidine rings is 1. The summed E-state index contributed by atoms with van der Waals surface area (Å²) in [6.07, 6.45) is 2.18. The second-order valence-electron chi connectivity index (χ2n) is 7.55. The number of rotatable bonds is 6. The molecular formula is C23H31ClN2OS. The highest BCUT2D eigenvalue weighted by molar-refractivity contribution is 7.98. The molecule has 1 aliphatic heterocycles. The number of carbonyl (C=O) groups is 1. The van der Waals surface area contributed by atoms with Gasteiger partial charge < -0.3 is 10.2 Å². The van der Waals surface area contributed by atoms with Crippen LogP contribution in [0.25, 0.3) is 0 Å². The van der Waals surface area contributed by atoms with Gasteiger partial charge in [-0.3, -0.25) is 4.79 Å². The van der Waals surface area contributed by atoms with E-state index >= 15 is 0 Å². The molecule has 0 bridgehead atoms. The van der Waals surface area contributed by atoms with Gasteiger partial charge in [0, 0.05) is 29.3 Å². The van der Waals surface area contributed by atoms with Crippen LogP contribution in [0.5, 0.6) is 0 Å². The molecule has 1 amide bonds. The molecule has 1 fully saturated rings. The first-order valence-corrected chi connectivity index (χ1v) is 10.8. The summed E-state index contributed by atoms with van der Waals surface area (Å²) in [6.45, 7) is 7.06. The standard InChI is InChI=1S/C23H30N2OS.ClH/c1-17-7-8-18(2)22(13-17)27-16-20-5-4-6-21(14-20)23(26)25-11-9-19(10-12-25)15-24-3;/h4-8,13-14,19,24H,9-12,15-16H2,1-3H3;1H. The molecule has 0 saturated carbocycles. The van der Waals surface area contributed by atoms with Crippen molar-refractivity contribution in [2.45, 2.75) is 37.3 Å². The van der Waals surface area contributed by atoms with Crippen LogP contribution in [0.2, 0.25) is 0 Å². The van der Waals surface area contributed by atoms with Crippen molar-refractivity contribution >= 4 is 30.1 Å². The van der Waals surface area contributed by atoms with Crippen LogP contribution in [0.1, 0.15) is 39.9 Å². The second kappa shape index (κ2) is 10.9. The van der Waals surface area contributed by atoms with Crippen LogP contribution >= 0.6 is 24.2 Å². The van der Waals surface area contributed by atoms with Gasteiger partial charge in [-0.25, -0.2) is 0 Å². The van der Waals surface area contributed by atoms with E-state index in [2.05, 4.69) is 49.5 Å². The van der Waals surface area contributed by atoms with Gasteiger partial charge in [0.05, 0.1) is 0 Å². The number of likely N-dealkylation sites (tertiary alicyclic amines) is 1. The quantitative estimate of drug-likeness (QED) is 0.663. The lowest BCUT2D eigenvalue weighted by Gasteiger charge is -2.32. The Bertz CT molecular complexity index is 788. The third-order valence-corrected chi connectivity index (χ3v) is 6.53. The van der Waals surface area contributed by atoms with Crippen LogP contribution in [0.4, 0.5) is 0 Å². The van der Waals surface area contributed by atoms with Crippen molar-refractivity contribution in [1.29, 1.82) is 0 Å². The summed E-state index contributed by atoms with van der Waals surface area (Å²) in [5, 5.41) is 3.25. The van der Waals surface area contributed by atoms with Crippen molar-refractivity contribution in [2.24, 2.45) is 5.92 Å². The van der Waals surface area contributed by atoms with E-state index in [4.69, 9.17) is 0 Å². The Labute approximate surface area is 179 Å². The molecule has 0 aromatic heterocycles. The number of thioether (sulfide) groups is 1. The van der Waals surface area contributed by atoms with Crippen LogP contribution in [-0.2, 0) is 5.75 Å². The minimum Gasteiger partial charge on any atom is -0.339 e. The summed E-state index contributed by atoms with van der Waals surface area (Å²) in [4.78, 5) is 16.2. The van der Waals surface area contributed by atoms with Crippen molar-refractivity contribution in [3.05, 3.63) is 64.7 Å². The summed E-state index contributed by atoms with van der Waals surface area (Å²) < 4.78 is 0. The predicted molar refractivity (Wildman–Crippen MR) is 122 cm³/mol. The van der Waals surface area contributed by atoms with Gasteiger partial charge in [-0.05, 0) is 75.5 Å². The fraction of sp³-hybridized carbons (Fsp3) is 0.435. The molecular weight excluding hydrogens is 388 g/mol. The normalized spacial score (nSPS) is 14.6. The molecule has 0 aliphatic carbocycles. The number of nitrogens with one attached hydrogen (secondary N) is 1. The maximum atomic E-state index is 12.9. The molecule has 2 aromatic carbocycles. The third kappa shape index (κ3) is 6.00. The van der Waals surface area contributed by atoms with Gasteiger partial charge in [-0.2, -0.15) is 0 Å².